The minimum atomic E-state index is -0.0148. The van der Waals surface area contributed by atoms with Crippen molar-refractivity contribution in [2.75, 3.05) is 26.2 Å². The average Bonchev–Trinajstić information content (AvgIpc) is 3.46. The van der Waals surface area contributed by atoms with E-state index < -0.39 is 0 Å². The van der Waals surface area contributed by atoms with Crippen LogP contribution in [0.15, 0.2) is 23.0 Å². The Morgan fingerprint density at radius 3 is 2.84 bits per heavy atom. The second-order valence-electron chi connectivity index (χ2n) is 12.0. The van der Waals surface area contributed by atoms with Crippen LogP contribution in [0.4, 0.5) is 0 Å². The van der Waals surface area contributed by atoms with Gasteiger partial charge >= 0.3 is 5.97 Å². The number of hydrogen-bond donors (Lipinski definition) is 0. The SMILES string of the molecule is C[C@]12CCC[C@]3(CO3)[C@H]1C[C@H]1[C@@H](C2)OC(=O)[C@@H]1CN1C[C@@H]2C[C@@H](C1)c1cccc(=O)n1C2. The van der Waals surface area contributed by atoms with E-state index in [-0.39, 0.29) is 34.6 Å². The lowest BCUT2D eigenvalue weighted by Crippen LogP contribution is -2.52. The number of likely N-dealkylation sites (tertiary alicyclic amines) is 1. The smallest absolute Gasteiger partial charge is 0.310 e. The van der Waals surface area contributed by atoms with Crippen LogP contribution < -0.4 is 5.56 Å². The lowest BCUT2D eigenvalue weighted by molar-refractivity contribution is -0.147. The summed E-state index contributed by atoms with van der Waals surface area (Å²) in [7, 11) is 0. The van der Waals surface area contributed by atoms with Crippen molar-refractivity contribution in [1.29, 1.82) is 0 Å². The van der Waals surface area contributed by atoms with Gasteiger partial charge in [0.1, 0.15) is 6.10 Å². The van der Waals surface area contributed by atoms with Crippen LogP contribution in [0, 0.1) is 29.1 Å². The molecule has 6 nitrogen and oxygen atoms in total. The molecular weight excluding hydrogens is 404 g/mol. The molecule has 5 fully saturated rings. The van der Waals surface area contributed by atoms with E-state index in [1.54, 1.807) is 6.07 Å². The summed E-state index contributed by atoms with van der Waals surface area (Å²) in [5, 5.41) is 0. The van der Waals surface area contributed by atoms with Gasteiger partial charge in [0.25, 0.3) is 5.56 Å². The number of nitrogens with zero attached hydrogens (tertiary/aromatic N) is 2. The first-order chi connectivity index (χ1) is 15.4. The number of ether oxygens (including phenoxy) is 2. The minimum Gasteiger partial charge on any atom is -0.462 e. The number of fused-ring (bicyclic) bond motifs is 7. The molecule has 0 N–H and O–H groups in total. The number of pyridine rings is 1. The lowest BCUT2D eigenvalue weighted by Gasteiger charge is -2.52. The first-order valence-electron chi connectivity index (χ1n) is 12.7. The average molecular weight is 439 g/mol. The summed E-state index contributed by atoms with van der Waals surface area (Å²) in [5.74, 6) is 1.80. The topological polar surface area (TPSA) is 64.1 Å². The molecule has 0 amide bonds. The maximum atomic E-state index is 13.1. The van der Waals surface area contributed by atoms with Crippen LogP contribution in [0.25, 0.3) is 0 Å². The summed E-state index contributed by atoms with van der Waals surface area (Å²) in [6.45, 7) is 6.87. The maximum absolute atomic E-state index is 13.1. The molecule has 0 unspecified atom stereocenters. The molecular formula is C26H34N2O4. The second-order valence-corrected chi connectivity index (χ2v) is 12.0. The number of rotatable bonds is 2. The molecule has 7 rings (SSSR count). The minimum absolute atomic E-state index is 0.0148. The molecule has 3 saturated heterocycles. The zero-order valence-corrected chi connectivity index (χ0v) is 19.0. The predicted molar refractivity (Wildman–Crippen MR) is 118 cm³/mol. The molecule has 1 aromatic rings. The van der Waals surface area contributed by atoms with Gasteiger partial charge in [-0.05, 0) is 61.8 Å². The van der Waals surface area contributed by atoms with Crippen molar-refractivity contribution in [3.8, 4) is 0 Å². The Kier molecular flexibility index (Phi) is 4.14. The molecule has 5 heterocycles. The lowest BCUT2D eigenvalue weighted by atomic mass is 9.53. The highest BCUT2D eigenvalue weighted by atomic mass is 16.6. The van der Waals surface area contributed by atoms with Gasteiger partial charge in [0, 0.05) is 49.8 Å². The highest BCUT2D eigenvalue weighted by Gasteiger charge is 2.65. The van der Waals surface area contributed by atoms with Gasteiger partial charge in [-0.15, -0.1) is 0 Å². The van der Waals surface area contributed by atoms with Crippen LogP contribution in [0.3, 0.4) is 0 Å². The molecule has 1 spiro atoms. The van der Waals surface area contributed by atoms with E-state index >= 15 is 0 Å². The number of carbonyl (C=O) groups excluding carboxylic acids is 1. The van der Waals surface area contributed by atoms with E-state index in [9.17, 15) is 9.59 Å². The molecule has 2 aliphatic carbocycles. The van der Waals surface area contributed by atoms with Crippen molar-refractivity contribution >= 4 is 5.97 Å². The number of aromatic nitrogens is 1. The Balaban J connectivity index is 1.11. The van der Waals surface area contributed by atoms with E-state index in [1.165, 1.54) is 25.0 Å². The normalized spacial score (nSPS) is 46.8. The number of epoxide rings is 1. The Bertz CT molecular complexity index is 1020. The largest absolute Gasteiger partial charge is 0.462 e. The summed E-state index contributed by atoms with van der Waals surface area (Å²) in [6.07, 6.45) is 7.00. The third kappa shape index (κ3) is 2.84. The fraction of sp³-hybridized carbons (Fsp3) is 0.769. The van der Waals surface area contributed by atoms with Gasteiger partial charge in [-0.1, -0.05) is 13.0 Å². The van der Waals surface area contributed by atoms with Gasteiger partial charge in [-0.3, -0.25) is 9.59 Å². The number of esters is 1. The zero-order chi connectivity index (χ0) is 21.7. The second kappa shape index (κ2) is 6.69. The van der Waals surface area contributed by atoms with Gasteiger partial charge in [0.2, 0.25) is 0 Å². The first kappa shape index (κ1) is 19.8. The van der Waals surface area contributed by atoms with Crippen LogP contribution in [0.5, 0.6) is 0 Å². The van der Waals surface area contributed by atoms with Crippen LogP contribution in [0.1, 0.15) is 57.1 Å². The molecule has 0 aromatic carbocycles. The Morgan fingerprint density at radius 1 is 1.12 bits per heavy atom. The molecule has 8 atom stereocenters. The highest BCUT2D eigenvalue weighted by molar-refractivity contribution is 5.75. The first-order valence-corrected chi connectivity index (χ1v) is 12.7. The van der Waals surface area contributed by atoms with Crippen LogP contribution >= 0.6 is 0 Å². The quantitative estimate of drug-likeness (QED) is 0.525. The zero-order valence-electron chi connectivity index (χ0n) is 19.0. The monoisotopic (exact) mass is 438 g/mol. The van der Waals surface area contributed by atoms with Crippen LogP contribution in [-0.4, -0.2) is 53.4 Å². The molecule has 172 valence electrons. The van der Waals surface area contributed by atoms with Crippen molar-refractivity contribution in [2.45, 2.75) is 69.6 Å². The Morgan fingerprint density at radius 2 is 2.00 bits per heavy atom. The van der Waals surface area contributed by atoms with E-state index in [0.717, 1.165) is 52.0 Å². The van der Waals surface area contributed by atoms with Gasteiger partial charge < -0.3 is 18.9 Å². The molecule has 0 radical (unpaired) electrons. The Labute approximate surface area is 189 Å². The fourth-order valence-corrected chi connectivity index (χ4v) is 8.59. The summed E-state index contributed by atoms with van der Waals surface area (Å²) >= 11 is 0. The van der Waals surface area contributed by atoms with E-state index in [4.69, 9.17) is 9.47 Å². The summed E-state index contributed by atoms with van der Waals surface area (Å²) < 4.78 is 14.1. The van der Waals surface area contributed by atoms with E-state index in [0.29, 0.717) is 23.7 Å². The van der Waals surface area contributed by atoms with Crippen LogP contribution in [0.2, 0.25) is 0 Å². The van der Waals surface area contributed by atoms with Gasteiger partial charge in [-0.25, -0.2) is 0 Å². The van der Waals surface area contributed by atoms with Crippen molar-refractivity contribution in [2.24, 2.45) is 29.1 Å². The van der Waals surface area contributed by atoms with E-state index in [2.05, 4.69) is 17.9 Å². The molecule has 6 heteroatoms. The highest BCUT2D eigenvalue weighted by Crippen LogP contribution is 2.62. The summed E-state index contributed by atoms with van der Waals surface area (Å²) in [4.78, 5) is 27.9. The van der Waals surface area contributed by atoms with Crippen molar-refractivity contribution in [3.05, 3.63) is 34.2 Å². The van der Waals surface area contributed by atoms with Crippen molar-refractivity contribution < 1.29 is 14.3 Å². The molecule has 2 bridgehead atoms. The summed E-state index contributed by atoms with van der Waals surface area (Å²) in [6, 6.07) is 5.69. The van der Waals surface area contributed by atoms with Crippen molar-refractivity contribution in [3.63, 3.8) is 0 Å². The van der Waals surface area contributed by atoms with Crippen molar-refractivity contribution in [1.82, 2.24) is 9.47 Å². The molecule has 1 aromatic heterocycles. The maximum Gasteiger partial charge on any atom is 0.310 e. The standard InChI is InChI=1S/C26H34N2O4/c1-25-6-3-7-26(15-31-26)22(25)9-18-19(24(30)32-21(18)10-25)14-27-11-16-8-17(13-27)20-4-2-5-23(29)28(20)12-16/h2,4-5,16-19,21-22H,3,6-15H2,1H3/t16-,17-,18+,19+,21+,22-,25+,26-/m0/s1. The number of carbonyl (C=O) groups is 1. The van der Waals surface area contributed by atoms with Gasteiger partial charge in [-0.2, -0.15) is 0 Å². The van der Waals surface area contributed by atoms with Gasteiger partial charge in [0.15, 0.2) is 0 Å². The number of hydrogen-bond acceptors (Lipinski definition) is 5. The van der Waals surface area contributed by atoms with E-state index in [1.807, 2.05) is 10.6 Å². The summed E-state index contributed by atoms with van der Waals surface area (Å²) in [5.41, 5.74) is 1.66. The molecule has 2 saturated carbocycles. The molecule has 4 aliphatic heterocycles. The third-order valence-corrected chi connectivity index (χ3v) is 10.1. The number of piperidine rings is 1. The molecule has 32 heavy (non-hydrogen) atoms. The Hall–Kier alpha value is -1.66. The predicted octanol–water partition coefficient (Wildman–Crippen LogP) is 2.79. The third-order valence-electron chi connectivity index (χ3n) is 10.1. The van der Waals surface area contributed by atoms with Crippen LogP contribution in [-0.2, 0) is 20.8 Å². The fourth-order valence-electron chi connectivity index (χ4n) is 8.59. The van der Waals surface area contributed by atoms with Gasteiger partial charge in [0.05, 0.1) is 18.1 Å². The molecule has 6 aliphatic rings.